The van der Waals surface area contributed by atoms with Crippen LogP contribution >= 0.6 is 39.5 Å². The first kappa shape index (κ1) is 21.0. The standard InChI is InChI=1S/C20H21BrN4OS2/c1-14-7-9-15(10-8-14)11-27-12-18-23-24-20(25(18)2)28-13-19(26)22-17-6-4-3-5-16(17)21/h3-10H,11-13H2,1-2H3,(H,22,26). The summed E-state index contributed by atoms with van der Waals surface area (Å²) in [4.78, 5) is 12.2. The molecule has 3 rings (SSSR count). The molecule has 0 atom stereocenters. The number of carbonyl (C=O) groups is 1. The van der Waals surface area contributed by atoms with Crippen LogP contribution in [0, 0.1) is 6.92 Å². The van der Waals surface area contributed by atoms with Crippen LogP contribution < -0.4 is 5.32 Å². The van der Waals surface area contributed by atoms with Crippen molar-refractivity contribution in [3.05, 3.63) is 70.0 Å². The molecule has 1 heterocycles. The Morgan fingerprint density at radius 1 is 1.11 bits per heavy atom. The Balaban J connectivity index is 1.48. The van der Waals surface area contributed by atoms with E-state index in [4.69, 9.17) is 0 Å². The van der Waals surface area contributed by atoms with Crippen molar-refractivity contribution in [2.45, 2.75) is 23.6 Å². The molecular weight excluding hydrogens is 456 g/mol. The molecule has 2 aromatic carbocycles. The van der Waals surface area contributed by atoms with Crippen molar-refractivity contribution >= 4 is 51.0 Å². The maximum Gasteiger partial charge on any atom is 0.234 e. The lowest BCUT2D eigenvalue weighted by atomic mass is 10.2. The van der Waals surface area contributed by atoms with Crippen LogP contribution in [-0.2, 0) is 23.3 Å². The van der Waals surface area contributed by atoms with Gasteiger partial charge in [0.2, 0.25) is 5.91 Å². The molecule has 1 amide bonds. The van der Waals surface area contributed by atoms with Crippen molar-refractivity contribution in [2.24, 2.45) is 7.05 Å². The van der Waals surface area contributed by atoms with Crippen LogP contribution in [0.25, 0.3) is 0 Å². The summed E-state index contributed by atoms with van der Waals surface area (Å²) in [6, 6.07) is 16.1. The zero-order valence-electron chi connectivity index (χ0n) is 15.7. The van der Waals surface area contributed by atoms with Crippen molar-refractivity contribution in [3.63, 3.8) is 0 Å². The molecule has 0 fully saturated rings. The number of hydrogen-bond donors (Lipinski definition) is 1. The van der Waals surface area contributed by atoms with Gasteiger partial charge in [-0.25, -0.2) is 0 Å². The topological polar surface area (TPSA) is 59.8 Å². The summed E-state index contributed by atoms with van der Waals surface area (Å²) in [6.07, 6.45) is 0. The van der Waals surface area contributed by atoms with Gasteiger partial charge in [-0.05, 0) is 40.5 Å². The molecule has 0 aliphatic heterocycles. The summed E-state index contributed by atoms with van der Waals surface area (Å²) >= 11 is 6.62. The van der Waals surface area contributed by atoms with Gasteiger partial charge in [-0.15, -0.1) is 22.0 Å². The molecule has 0 radical (unpaired) electrons. The Hall–Kier alpha value is -1.77. The van der Waals surface area contributed by atoms with Gasteiger partial charge >= 0.3 is 0 Å². The molecule has 0 saturated heterocycles. The van der Waals surface area contributed by atoms with Gasteiger partial charge in [0.05, 0.1) is 17.2 Å². The molecule has 3 aromatic rings. The molecule has 5 nitrogen and oxygen atoms in total. The highest BCUT2D eigenvalue weighted by molar-refractivity contribution is 9.10. The Kier molecular flexibility index (Phi) is 7.58. The molecule has 0 aliphatic carbocycles. The van der Waals surface area contributed by atoms with Crippen molar-refractivity contribution in [1.29, 1.82) is 0 Å². The van der Waals surface area contributed by atoms with Crippen molar-refractivity contribution < 1.29 is 4.79 Å². The Morgan fingerprint density at radius 2 is 1.86 bits per heavy atom. The molecule has 1 aromatic heterocycles. The van der Waals surface area contributed by atoms with Gasteiger partial charge in [0.15, 0.2) is 5.16 Å². The molecule has 0 spiro atoms. The van der Waals surface area contributed by atoms with E-state index in [-0.39, 0.29) is 11.7 Å². The number of benzene rings is 2. The number of nitrogens with zero attached hydrogens (tertiary/aromatic N) is 3. The number of para-hydroxylation sites is 1. The highest BCUT2D eigenvalue weighted by atomic mass is 79.9. The van der Waals surface area contributed by atoms with Crippen molar-refractivity contribution in [3.8, 4) is 0 Å². The van der Waals surface area contributed by atoms with Crippen LogP contribution in [0.3, 0.4) is 0 Å². The number of aromatic nitrogens is 3. The zero-order valence-corrected chi connectivity index (χ0v) is 18.9. The SMILES string of the molecule is Cc1ccc(CSCc2nnc(SCC(=O)Nc3ccccc3Br)n2C)cc1. The third kappa shape index (κ3) is 5.86. The second kappa shape index (κ2) is 10.1. The number of halogens is 1. The second-order valence-electron chi connectivity index (χ2n) is 6.25. The normalized spacial score (nSPS) is 10.8. The smallest absolute Gasteiger partial charge is 0.234 e. The van der Waals surface area contributed by atoms with Crippen LogP contribution in [0.1, 0.15) is 17.0 Å². The summed E-state index contributed by atoms with van der Waals surface area (Å²) < 4.78 is 2.82. The van der Waals surface area contributed by atoms with E-state index in [1.165, 1.54) is 22.9 Å². The summed E-state index contributed by atoms with van der Waals surface area (Å²) in [5.74, 6) is 2.83. The lowest BCUT2D eigenvalue weighted by Gasteiger charge is -2.07. The molecule has 1 N–H and O–H groups in total. The van der Waals surface area contributed by atoms with Gasteiger partial charge in [0, 0.05) is 17.3 Å². The second-order valence-corrected chi connectivity index (χ2v) is 9.04. The number of amides is 1. The summed E-state index contributed by atoms with van der Waals surface area (Å²) in [7, 11) is 1.94. The first-order valence-electron chi connectivity index (χ1n) is 8.71. The first-order valence-corrected chi connectivity index (χ1v) is 11.6. The lowest BCUT2D eigenvalue weighted by molar-refractivity contribution is -0.113. The number of rotatable bonds is 8. The van der Waals surface area contributed by atoms with E-state index < -0.39 is 0 Å². The average Bonchev–Trinajstić information content (AvgIpc) is 3.03. The Bertz CT molecular complexity index is 944. The van der Waals surface area contributed by atoms with E-state index in [0.717, 1.165) is 32.6 Å². The highest BCUT2D eigenvalue weighted by Crippen LogP contribution is 2.23. The molecule has 0 aliphatic rings. The van der Waals surface area contributed by atoms with E-state index >= 15 is 0 Å². The summed E-state index contributed by atoms with van der Waals surface area (Å²) in [6.45, 7) is 2.09. The minimum absolute atomic E-state index is 0.0739. The minimum Gasteiger partial charge on any atom is -0.324 e. The monoisotopic (exact) mass is 476 g/mol. The molecule has 0 unspecified atom stereocenters. The minimum atomic E-state index is -0.0739. The van der Waals surface area contributed by atoms with Crippen LogP contribution in [0.2, 0.25) is 0 Å². The maximum atomic E-state index is 12.2. The maximum absolute atomic E-state index is 12.2. The van der Waals surface area contributed by atoms with Crippen LogP contribution in [0.5, 0.6) is 0 Å². The van der Waals surface area contributed by atoms with Crippen molar-refractivity contribution in [2.75, 3.05) is 11.1 Å². The Morgan fingerprint density at radius 3 is 2.61 bits per heavy atom. The number of aryl methyl sites for hydroxylation is 1. The van der Waals surface area contributed by atoms with Crippen LogP contribution in [0.15, 0.2) is 58.2 Å². The largest absolute Gasteiger partial charge is 0.324 e. The van der Waals surface area contributed by atoms with E-state index in [2.05, 4.69) is 62.6 Å². The molecule has 146 valence electrons. The number of hydrogen-bond acceptors (Lipinski definition) is 5. The van der Waals surface area contributed by atoms with Gasteiger partial charge < -0.3 is 9.88 Å². The highest BCUT2D eigenvalue weighted by Gasteiger charge is 2.12. The fourth-order valence-electron chi connectivity index (χ4n) is 2.42. The molecule has 0 bridgehead atoms. The third-order valence-corrected chi connectivity index (χ3v) is 6.74. The summed E-state index contributed by atoms with van der Waals surface area (Å²) in [5.41, 5.74) is 3.34. The van der Waals surface area contributed by atoms with E-state index in [1.54, 1.807) is 11.8 Å². The Labute approximate surface area is 181 Å². The molecular formula is C20H21BrN4OS2. The third-order valence-electron chi connectivity index (χ3n) is 4.03. The van der Waals surface area contributed by atoms with E-state index in [1.807, 2.05) is 35.9 Å². The first-order chi connectivity index (χ1) is 13.5. The van der Waals surface area contributed by atoms with Crippen LogP contribution in [0.4, 0.5) is 5.69 Å². The van der Waals surface area contributed by atoms with Gasteiger partial charge in [-0.2, -0.15) is 0 Å². The fraction of sp³-hybridized carbons (Fsp3) is 0.250. The quantitative estimate of drug-likeness (QED) is 0.460. The number of anilines is 1. The van der Waals surface area contributed by atoms with Gasteiger partial charge in [-0.1, -0.05) is 53.7 Å². The average molecular weight is 477 g/mol. The predicted molar refractivity (Wildman–Crippen MR) is 121 cm³/mol. The van der Waals surface area contributed by atoms with Crippen LogP contribution in [-0.4, -0.2) is 26.4 Å². The number of thioether (sulfide) groups is 2. The van der Waals surface area contributed by atoms with Gasteiger partial charge in [0.1, 0.15) is 5.82 Å². The van der Waals surface area contributed by atoms with Crippen molar-refractivity contribution in [1.82, 2.24) is 14.8 Å². The van der Waals surface area contributed by atoms with E-state index in [9.17, 15) is 4.79 Å². The predicted octanol–water partition coefficient (Wildman–Crippen LogP) is 5.05. The zero-order chi connectivity index (χ0) is 19.9. The van der Waals surface area contributed by atoms with E-state index in [0.29, 0.717) is 0 Å². The van der Waals surface area contributed by atoms with Gasteiger partial charge in [0.25, 0.3) is 0 Å². The molecule has 28 heavy (non-hydrogen) atoms. The molecule has 8 heteroatoms. The number of carbonyl (C=O) groups excluding carboxylic acids is 1. The lowest BCUT2D eigenvalue weighted by Crippen LogP contribution is -2.14. The summed E-state index contributed by atoms with van der Waals surface area (Å²) in [5, 5.41) is 12.1. The van der Waals surface area contributed by atoms with Gasteiger partial charge in [-0.3, -0.25) is 4.79 Å². The fourth-order valence-corrected chi connectivity index (χ4v) is 4.50. The molecule has 0 saturated carbocycles. The number of nitrogens with one attached hydrogen (secondary N) is 1.